The smallest absolute Gasteiger partial charge is 0.386 e. The van der Waals surface area contributed by atoms with Crippen LogP contribution in [0.5, 0.6) is 0 Å². The predicted octanol–water partition coefficient (Wildman–Crippen LogP) is 5.23. The summed E-state index contributed by atoms with van der Waals surface area (Å²) in [4.78, 5) is 4.12. The standard InChI is InChI=1S/C10H8N.2C3H7.CH3.W.7Y/c1-8-6-7-11-10-5-3-2-4-9(8)10;2*1-3-2;;;;;;;;;/h2-6H,1H3;2*1,3H2,2H3;1H3;;;;;;;;/q4*-1;+2;;;;;;;. The van der Waals surface area contributed by atoms with E-state index >= 15 is 0 Å². The fraction of sp³-hybridized carbons (Fsp3) is 0.294. The van der Waals surface area contributed by atoms with Crippen molar-refractivity contribution < 1.29 is 250 Å². The maximum atomic E-state index is 4.12. The van der Waals surface area contributed by atoms with E-state index in [0.717, 1.165) is 18.4 Å². The number of rotatable bonds is 0. The number of benzene rings is 1. The Balaban J connectivity index is -0.0000000195. The second kappa shape index (κ2) is 49.2. The quantitative estimate of drug-likeness (QED) is 0.330. The van der Waals surface area contributed by atoms with E-state index < -0.39 is 0 Å². The first-order chi connectivity index (χ1) is 8.21. The van der Waals surface area contributed by atoms with Gasteiger partial charge in [-0.25, -0.2) is 0 Å². The first kappa shape index (κ1) is 63.9. The Labute approximate surface area is 353 Å². The zero-order valence-corrected chi connectivity index (χ0v) is 39.4. The Kier molecular flexibility index (Phi) is 121. The third-order valence-corrected chi connectivity index (χ3v) is 1.79. The molecule has 0 aliphatic heterocycles. The van der Waals surface area contributed by atoms with Crippen molar-refractivity contribution in [3.8, 4) is 0 Å². The van der Waals surface area contributed by atoms with Crippen LogP contribution >= 0.6 is 0 Å². The molecule has 0 atom stereocenters. The van der Waals surface area contributed by atoms with Crippen LogP contribution in [0.2, 0.25) is 0 Å². The zero-order valence-electron chi connectivity index (χ0n) is 16.6. The largest absolute Gasteiger partial charge is 2.00 e. The Morgan fingerprint density at radius 3 is 1.54 bits per heavy atom. The van der Waals surface area contributed by atoms with Crippen molar-refractivity contribution in [2.45, 2.75) is 33.6 Å². The minimum absolute atomic E-state index is 0. The van der Waals surface area contributed by atoms with Crippen molar-refractivity contribution >= 4 is 10.9 Å². The van der Waals surface area contributed by atoms with Crippen LogP contribution in [-0.2, 0) is 250 Å². The summed E-state index contributed by atoms with van der Waals surface area (Å²) in [5.41, 5.74) is 2.25. The van der Waals surface area contributed by atoms with Gasteiger partial charge in [0.2, 0.25) is 0 Å². The summed E-state index contributed by atoms with van der Waals surface area (Å²) >= 11 is 0. The van der Waals surface area contributed by atoms with E-state index in [1.165, 1.54) is 10.9 Å². The Bertz CT molecular complexity index is 427. The van der Waals surface area contributed by atoms with Crippen LogP contribution in [0.3, 0.4) is 0 Å². The number of pyridine rings is 1. The zero-order chi connectivity index (χ0) is 13.1. The van der Waals surface area contributed by atoms with Gasteiger partial charge in [0, 0.05) is 229 Å². The van der Waals surface area contributed by atoms with Crippen LogP contribution in [0.1, 0.15) is 32.3 Å². The monoisotopic (exact) mass is 1050 g/mol. The predicted molar refractivity (Wildman–Crippen MR) is 83.0 cm³/mol. The van der Waals surface area contributed by atoms with Gasteiger partial charge in [0.1, 0.15) is 0 Å². The molecule has 1 heterocycles. The molecule has 1 nitrogen and oxygen atoms in total. The van der Waals surface area contributed by atoms with Crippen molar-refractivity contribution in [3.05, 3.63) is 63.4 Å². The Hall–Kier alpha value is 7.05. The Morgan fingerprint density at radius 1 is 0.846 bits per heavy atom. The molecule has 0 aliphatic carbocycles. The van der Waals surface area contributed by atoms with E-state index in [0.29, 0.717) is 0 Å². The number of para-hydroxylation sites is 1. The van der Waals surface area contributed by atoms with E-state index in [1.807, 2.05) is 38.1 Å². The van der Waals surface area contributed by atoms with Gasteiger partial charge in [-0.2, -0.15) is 18.9 Å². The normalized spacial score (nSPS) is 5.73. The fourth-order valence-electron chi connectivity index (χ4n) is 1.18. The molecule has 1 aromatic carbocycles. The van der Waals surface area contributed by atoms with Gasteiger partial charge in [0.25, 0.3) is 0 Å². The maximum Gasteiger partial charge on any atom is 2.00 e. The number of aryl methyl sites for hydroxylation is 1. The molecule has 26 heavy (non-hydrogen) atoms. The SMILES string of the molecule is Cc1c[c-]nc2ccccc12.[CH2-]CC.[CH2-]CC.[CH3-].[W+2].[Y].[Y].[Y].[Y].[Y].[Y].[Y]. The molecule has 0 unspecified atom stereocenters. The molecule has 2 rings (SSSR count). The average Bonchev–Trinajstić information content (AvgIpc) is 2.32. The van der Waals surface area contributed by atoms with E-state index in [2.05, 4.69) is 38.0 Å². The average molecular weight is 1050 g/mol. The third kappa shape index (κ3) is 35.6. The summed E-state index contributed by atoms with van der Waals surface area (Å²) in [6.45, 7) is 13.1. The summed E-state index contributed by atoms with van der Waals surface area (Å²) in [6.07, 6.45) is 4.85. The van der Waals surface area contributed by atoms with Gasteiger partial charge in [0.15, 0.2) is 0 Å². The second-order valence-electron chi connectivity index (χ2n) is 3.59. The molecule has 0 spiro atoms. The summed E-state index contributed by atoms with van der Waals surface area (Å²) in [7, 11) is 0. The number of aromatic nitrogens is 1. The van der Waals surface area contributed by atoms with Gasteiger partial charge in [-0.15, -0.1) is 10.9 Å². The van der Waals surface area contributed by atoms with Crippen LogP contribution in [0.25, 0.3) is 10.9 Å². The molecule has 0 fully saturated rings. The first-order valence-corrected chi connectivity index (χ1v) is 6.02. The van der Waals surface area contributed by atoms with Crippen molar-refractivity contribution in [2.75, 3.05) is 0 Å². The van der Waals surface area contributed by atoms with Crippen molar-refractivity contribution in [1.82, 2.24) is 4.98 Å². The first-order valence-electron chi connectivity index (χ1n) is 6.02. The molecule has 0 aliphatic rings. The van der Waals surface area contributed by atoms with Crippen molar-refractivity contribution in [3.63, 3.8) is 0 Å². The van der Waals surface area contributed by atoms with E-state index in [1.54, 1.807) is 0 Å². The molecule has 7 radical (unpaired) electrons. The number of fused-ring (bicyclic) bond motifs is 1. The molecule has 0 N–H and O–H groups in total. The molecule has 1 aromatic heterocycles. The van der Waals surface area contributed by atoms with E-state index in [-0.39, 0.29) is 257 Å². The van der Waals surface area contributed by atoms with Gasteiger partial charge < -0.3 is 26.3 Å². The van der Waals surface area contributed by atoms with Crippen LogP contribution in [0.4, 0.5) is 0 Å². The Morgan fingerprint density at radius 2 is 1.19 bits per heavy atom. The van der Waals surface area contributed by atoms with Crippen LogP contribution in [0.15, 0.2) is 30.3 Å². The molecule has 0 amide bonds. The van der Waals surface area contributed by atoms with Gasteiger partial charge >= 0.3 is 21.1 Å². The molecule has 9 heteroatoms. The summed E-state index contributed by atoms with van der Waals surface area (Å²) in [5.74, 6) is 0. The topological polar surface area (TPSA) is 12.9 Å². The summed E-state index contributed by atoms with van der Waals surface area (Å²) in [5, 5.41) is 1.21. The van der Waals surface area contributed by atoms with Gasteiger partial charge in [-0.3, -0.25) is 0 Å². The van der Waals surface area contributed by atoms with Crippen molar-refractivity contribution in [2.24, 2.45) is 0 Å². The molecule has 2 aromatic rings. The second-order valence-corrected chi connectivity index (χ2v) is 3.59. The molecular formula is C17H25NWY7-2. The van der Waals surface area contributed by atoms with E-state index in [9.17, 15) is 0 Å². The molecular weight excluding hydrogens is 1020 g/mol. The minimum atomic E-state index is 0. The molecule has 0 bridgehead atoms. The number of hydrogen-bond acceptors (Lipinski definition) is 1. The maximum absolute atomic E-state index is 4.12. The third-order valence-electron chi connectivity index (χ3n) is 1.79. The van der Waals surface area contributed by atoms with Gasteiger partial charge in [0.05, 0.1) is 0 Å². The van der Waals surface area contributed by atoms with Gasteiger partial charge in [-0.1, -0.05) is 51.2 Å². The van der Waals surface area contributed by atoms with E-state index in [4.69, 9.17) is 0 Å². The fourth-order valence-corrected chi connectivity index (χ4v) is 1.18. The number of hydrogen-bond donors (Lipinski definition) is 0. The molecule has 127 valence electrons. The summed E-state index contributed by atoms with van der Waals surface area (Å²) < 4.78 is 0. The van der Waals surface area contributed by atoms with Crippen LogP contribution < -0.4 is 0 Å². The van der Waals surface area contributed by atoms with Crippen LogP contribution in [0, 0.1) is 34.4 Å². The summed E-state index contributed by atoms with van der Waals surface area (Å²) in [6, 6.07) is 9.99. The molecule has 0 saturated heterocycles. The van der Waals surface area contributed by atoms with Gasteiger partial charge in [-0.05, 0) is 5.52 Å². The van der Waals surface area contributed by atoms with Crippen molar-refractivity contribution in [1.29, 1.82) is 0 Å². The number of nitrogens with zero attached hydrogens (tertiary/aromatic N) is 1. The minimum Gasteiger partial charge on any atom is -0.386 e. The van der Waals surface area contributed by atoms with Crippen LogP contribution in [-0.4, -0.2) is 4.98 Å². The molecule has 0 saturated carbocycles.